The van der Waals surface area contributed by atoms with Crippen LogP contribution in [0.15, 0.2) is 47.6 Å². The lowest BCUT2D eigenvalue weighted by molar-refractivity contribution is 0.102. The number of nitrogens with zero attached hydrogens (tertiary/aromatic N) is 4. The third-order valence-corrected chi connectivity index (χ3v) is 4.97. The quantitative estimate of drug-likeness (QED) is 0.471. The first kappa shape index (κ1) is 18.1. The van der Waals surface area contributed by atoms with Crippen LogP contribution in [-0.4, -0.2) is 38.9 Å². The molecule has 0 aliphatic heterocycles. The van der Waals surface area contributed by atoms with E-state index >= 15 is 0 Å². The lowest BCUT2D eigenvalue weighted by atomic mass is 10.0. The van der Waals surface area contributed by atoms with Crippen LogP contribution in [0.3, 0.4) is 0 Å². The number of hydrogen-bond donors (Lipinski definition) is 0. The summed E-state index contributed by atoms with van der Waals surface area (Å²) < 4.78 is 6.86. The number of carbonyl (C=O) groups is 1. The number of carbonyl (C=O) groups excluding carboxylic acids is 1. The maximum absolute atomic E-state index is 12.5. The predicted molar refractivity (Wildman–Crippen MR) is 101 cm³/mol. The van der Waals surface area contributed by atoms with Crippen molar-refractivity contribution in [1.82, 2.24) is 20.2 Å². The SMILES string of the molecule is COc1ccc(Cn2nnnc2SCC(=O)c2cc(C)ccc2C)cc1. The monoisotopic (exact) mass is 368 g/mol. The van der Waals surface area contributed by atoms with Crippen LogP contribution in [0.4, 0.5) is 0 Å². The molecular formula is C19H20N4O2S. The average molecular weight is 368 g/mol. The first-order valence-corrected chi connectivity index (χ1v) is 9.17. The van der Waals surface area contributed by atoms with Gasteiger partial charge in [-0.2, -0.15) is 0 Å². The summed E-state index contributed by atoms with van der Waals surface area (Å²) in [5.74, 6) is 1.18. The van der Waals surface area contributed by atoms with E-state index in [1.807, 2.05) is 56.3 Å². The zero-order valence-corrected chi connectivity index (χ0v) is 15.8. The van der Waals surface area contributed by atoms with Crippen molar-refractivity contribution in [2.75, 3.05) is 12.9 Å². The molecule has 0 unspecified atom stereocenters. The first-order chi connectivity index (χ1) is 12.6. The van der Waals surface area contributed by atoms with Gasteiger partial charge in [-0.1, -0.05) is 41.6 Å². The van der Waals surface area contributed by atoms with Crippen LogP contribution in [0, 0.1) is 13.8 Å². The number of thioether (sulfide) groups is 1. The zero-order valence-electron chi connectivity index (χ0n) is 15.0. The van der Waals surface area contributed by atoms with Gasteiger partial charge in [0.1, 0.15) is 5.75 Å². The molecule has 0 aliphatic rings. The van der Waals surface area contributed by atoms with E-state index in [0.29, 0.717) is 17.5 Å². The largest absolute Gasteiger partial charge is 0.497 e. The van der Waals surface area contributed by atoms with Crippen LogP contribution < -0.4 is 4.74 Å². The summed E-state index contributed by atoms with van der Waals surface area (Å²) in [6, 6.07) is 13.6. The second-order valence-electron chi connectivity index (χ2n) is 6.00. The van der Waals surface area contributed by atoms with Crippen molar-refractivity contribution in [2.45, 2.75) is 25.5 Å². The second-order valence-corrected chi connectivity index (χ2v) is 6.94. The van der Waals surface area contributed by atoms with E-state index in [0.717, 1.165) is 28.0 Å². The Morgan fingerprint density at radius 3 is 2.65 bits per heavy atom. The Morgan fingerprint density at radius 2 is 1.92 bits per heavy atom. The number of ketones is 1. The van der Waals surface area contributed by atoms with Crippen molar-refractivity contribution >= 4 is 17.5 Å². The lowest BCUT2D eigenvalue weighted by Crippen LogP contribution is -2.08. The Labute approximate surface area is 156 Å². The number of rotatable bonds is 7. The van der Waals surface area contributed by atoms with Crippen LogP contribution in [0.1, 0.15) is 27.0 Å². The number of aryl methyl sites for hydroxylation is 2. The normalized spacial score (nSPS) is 10.7. The molecule has 0 bridgehead atoms. The van der Waals surface area contributed by atoms with Crippen LogP contribution >= 0.6 is 11.8 Å². The van der Waals surface area contributed by atoms with Gasteiger partial charge in [0.15, 0.2) is 5.78 Å². The Kier molecular flexibility index (Phi) is 5.68. The summed E-state index contributed by atoms with van der Waals surface area (Å²) >= 11 is 1.35. The fourth-order valence-electron chi connectivity index (χ4n) is 2.55. The van der Waals surface area contributed by atoms with Gasteiger partial charge in [0.25, 0.3) is 0 Å². The number of benzene rings is 2. The minimum atomic E-state index is 0.0789. The molecule has 2 aromatic carbocycles. The molecule has 3 aromatic rings. The molecule has 0 saturated carbocycles. The van der Waals surface area contributed by atoms with Crippen molar-refractivity contribution in [3.05, 3.63) is 64.7 Å². The number of ether oxygens (including phenoxy) is 1. The summed E-state index contributed by atoms with van der Waals surface area (Å²) in [5.41, 5.74) is 3.87. The van der Waals surface area contributed by atoms with E-state index in [1.54, 1.807) is 11.8 Å². The maximum Gasteiger partial charge on any atom is 0.210 e. The summed E-state index contributed by atoms with van der Waals surface area (Å²) in [5, 5.41) is 12.4. The van der Waals surface area contributed by atoms with E-state index in [1.165, 1.54) is 11.8 Å². The van der Waals surface area contributed by atoms with Crippen molar-refractivity contribution in [1.29, 1.82) is 0 Å². The third kappa shape index (κ3) is 4.29. The van der Waals surface area contributed by atoms with E-state index < -0.39 is 0 Å². The minimum Gasteiger partial charge on any atom is -0.497 e. The number of aromatic nitrogens is 4. The lowest BCUT2D eigenvalue weighted by Gasteiger charge is -2.07. The van der Waals surface area contributed by atoms with Gasteiger partial charge < -0.3 is 4.74 Å². The molecule has 0 fully saturated rings. The van der Waals surface area contributed by atoms with Gasteiger partial charge in [0.05, 0.1) is 19.4 Å². The van der Waals surface area contributed by atoms with E-state index in [9.17, 15) is 4.79 Å². The number of methoxy groups -OCH3 is 1. The Bertz CT molecular complexity index is 906. The van der Waals surface area contributed by atoms with E-state index in [-0.39, 0.29) is 5.78 Å². The topological polar surface area (TPSA) is 69.9 Å². The van der Waals surface area contributed by atoms with Crippen LogP contribution in [-0.2, 0) is 6.54 Å². The van der Waals surface area contributed by atoms with E-state index in [4.69, 9.17) is 4.74 Å². The number of tetrazole rings is 1. The van der Waals surface area contributed by atoms with Crippen LogP contribution in [0.2, 0.25) is 0 Å². The molecule has 0 N–H and O–H groups in total. The predicted octanol–water partition coefficient (Wildman–Crippen LogP) is 3.32. The molecule has 0 saturated heterocycles. The maximum atomic E-state index is 12.5. The zero-order chi connectivity index (χ0) is 18.5. The summed E-state index contributed by atoms with van der Waals surface area (Å²) in [6.07, 6.45) is 0. The van der Waals surface area contributed by atoms with Gasteiger partial charge in [-0.3, -0.25) is 4.79 Å². The van der Waals surface area contributed by atoms with Crippen LogP contribution in [0.25, 0.3) is 0 Å². The Balaban J connectivity index is 1.66. The molecule has 1 aromatic heterocycles. The van der Waals surface area contributed by atoms with Crippen molar-refractivity contribution in [2.24, 2.45) is 0 Å². The molecule has 0 radical (unpaired) electrons. The Hall–Kier alpha value is -2.67. The fraction of sp³-hybridized carbons (Fsp3) is 0.263. The molecule has 26 heavy (non-hydrogen) atoms. The summed E-state index contributed by atoms with van der Waals surface area (Å²) in [6.45, 7) is 4.47. The van der Waals surface area contributed by atoms with Crippen molar-refractivity contribution < 1.29 is 9.53 Å². The molecule has 0 spiro atoms. The number of Topliss-reactive ketones (excluding diaryl/α,β-unsaturated/α-hetero) is 1. The van der Waals surface area contributed by atoms with Crippen molar-refractivity contribution in [3.63, 3.8) is 0 Å². The molecule has 0 aliphatic carbocycles. The first-order valence-electron chi connectivity index (χ1n) is 8.19. The minimum absolute atomic E-state index is 0.0789. The Morgan fingerprint density at radius 1 is 1.15 bits per heavy atom. The average Bonchev–Trinajstić information content (AvgIpc) is 3.09. The highest BCUT2D eigenvalue weighted by Gasteiger charge is 2.14. The highest BCUT2D eigenvalue weighted by Crippen LogP contribution is 2.20. The van der Waals surface area contributed by atoms with Gasteiger partial charge in [0, 0.05) is 5.56 Å². The standard InChI is InChI=1S/C19H20N4O2S/c1-13-4-5-14(2)17(10-13)18(24)12-26-19-20-21-22-23(19)11-15-6-8-16(25-3)9-7-15/h4-10H,11-12H2,1-3H3. The number of hydrogen-bond acceptors (Lipinski definition) is 6. The molecule has 3 rings (SSSR count). The highest BCUT2D eigenvalue weighted by molar-refractivity contribution is 7.99. The molecule has 134 valence electrons. The van der Waals surface area contributed by atoms with Gasteiger partial charge >= 0.3 is 0 Å². The third-order valence-electron chi connectivity index (χ3n) is 4.02. The smallest absolute Gasteiger partial charge is 0.210 e. The highest BCUT2D eigenvalue weighted by atomic mass is 32.2. The van der Waals surface area contributed by atoms with Crippen molar-refractivity contribution in [3.8, 4) is 5.75 Å². The summed E-state index contributed by atoms with van der Waals surface area (Å²) in [4.78, 5) is 12.5. The molecule has 0 atom stereocenters. The van der Waals surface area contributed by atoms with E-state index in [2.05, 4.69) is 15.5 Å². The molecule has 6 nitrogen and oxygen atoms in total. The molecular weight excluding hydrogens is 348 g/mol. The molecule has 0 amide bonds. The molecule has 1 heterocycles. The summed E-state index contributed by atoms with van der Waals surface area (Å²) in [7, 11) is 1.64. The van der Waals surface area contributed by atoms with Gasteiger partial charge in [0.2, 0.25) is 5.16 Å². The molecule has 7 heteroatoms. The van der Waals surface area contributed by atoms with Gasteiger partial charge in [-0.05, 0) is 53.6 Å². The second kappa shape index (κ2) is 8.14. The van der Waals surface area contributed by atoms with Gasteiger partial charge in [-0.25, -0.2) is 4.68 Å². The van der Waals surface area contributed by atoms with Crippen LogP contribution in [0.5, 0.6) is 5.75 Å². The van der Waals surface area contributed by atoms with Gasteiger partial charge in [-0.15, -0.1) is 5.10 Å². The fourth-order valence-corrected chi connectivity index (χ4v) is 3.31.